The van der Waals surface area contributed by atoms with Gasteiger partial charge in [0.25, 0.3) is 0 Å². The van der Waals surface area contributed by atoms with Gasteiger partial charge in [-0.3, -0.25) is 0 Å². The molecule has 132 valence electrons. The SMILES string of the molecule is [B][C@@H]1O[C@H](CO[P+](=O)[O-])[C@@H](O)[C@H]1O[Si](C(C)C)(C(C)C)C(C)C. The Labute approximate surface area is 142 Å². The first-order valence-corrected chi connectivity index (χ1v) is 11.3. The summed E-state index contributed by atoms with van der Waals surface area (Å²) in [6.45, 7) is 12.6. The lowest BCUT2D eigenvalue weighted by Crippen LogP contribution is -2.54. The van der Waals surface area contributed by atoms with Gasteiger partial charge in [0.2, 0.25) is 8.32 Å². The first-order valence-electron chi connectivity index (χ1n) is 8.08. The van der Waals surface area contributed by atoms with Gasteiger partial charge in [-0.25, -0.2) is 0 Å². The molecular formula is C14H28BO6PSi. The van der Waals surface area contributed by atoms with Crippen LogP contribution in [0.1, 0.15) is 41.5 Å². The van der Waals surface area contributed by atoms with Crippen molar-refractivity contribution in [3.8, 4) is 0 Å². The fourth-order valence-electron chi connectivity index (χ4n) is 3.82. The van der Waals surface area contributed by atoms with Gasteiger partial charge in [-0.2, -0.15) is 0 Å². The Morgan fingerprint density at radius 2 is 1.70 bits per heavy atom. The Morgan fingerprint density at radius 1 is 1.22 bits per heavy atom. The van der Waals surface area contributed by atoms with E-state index in [1.54, 1.807) is 0 Å². The number of hydrogen-bond donors (Lipinski definition) is 1. The van der Waals surface area contributed by atoms with Crippen molar-refractivity contribution in [3.05, 3.63) is 0 Å². The molecule has 1 heterocycles. The average Bonchev–Trinajstić information content (AvgIpc) is 2.67. The van der Waals surface area contributed by atoms with E-state index in [0.717, 1.165) is 0 Å². The second-order valence-corrected chi connectivity index (χ2v) is 13.2. The smallest absolute Gasteiger partial charge is 0.488 e. The Morgan fingerprint density at radius 3 is 2.09 bits per heavy atom. The van der Waals surface area contributed by atoms with E-state index in [2.05, 4.69) is 46.1 Å². The molecule has 0 saturated carbocycles. The normalized spacial score (nSPS) is 29.8. The molecule has 1 fully saturated rings. The maximum absolute atomic E-state index is 10.5. The molecule has 5 atom stereocenters. The van der Waals surface area contributed by atoms with Crippen molar-refractivity contribution >= 4 is 24.4 Å². The molecule has 23 heavy (non-hydrogen) atoms. The molecule has 6 nitrogen and oxygen atoms in total. The van der Waals surface area contributed by atoms with Crippen molar-refractivity contribution in [1.29, 1.82) is 0 Å². The van der Waals surface area contributed by atoms with Crippen LogP contribution in [0.3, 0.4) is 0 Å². The predicted octanol–water partition coefficient (Wildman–Crippen LogP) is 1.84. The molecule has 0 amide bonds. The summed E-state index contributed by atoms with van der Waals surface area (Å²) in [4.78, 5) is 10.5. The number of aliphatic hydroxyl groups excluding tert-OH is 1. The molecule has 1 saturated heterocycles. The van der Waals surface area contributed by atoms with E-state index in [1.165, 1.54) is 0 Å². The van der Waals surface area contributed by atoms with Gasteiger partial charge in [0.05, 0.1) is 6.10 Å². The lowest BCUT2D eigenvalue weighted by molar-refractivity contribution is -0.188. The topological polar surface area (TPSA) is 88.1 Å². The molecule has 1 aliphatic rings. The van der Waals surface area contributed by atoms with E-state index in [9.17, 15) is 14.6 Å². The van der Waals surface area contributed by atoms with Gasteiger partial charge in [0.15, 0.2) is 0 Å². The van der Waals surface area contributed by atoms with E-state index in [0.29, 0.717) is 16.6 Å². The highest BCUT2D eigenvalue weighted by molar-refractivity contribution is 7.30. The van der Waals surface area contributed by atoms with Crippen LogP contribution in [0, 0.1) is 0 Å². The summed E-state index contributed by atoms with van der Waals surface area (Å²) in [7, 11) is 0.765. The van der Waals surface area contributed by atoms with Crippen LogP contribution in [-0.4, -0.2) is 52.2 Å². The summed E-state index contributed by atoms with van der Waals surface area (Å²) < 4.78 is 27.0. The van der Waals surface area contributed by atoms with E-state index < -0.39 is 40.9 Å². The third-order valence-electron chi connectivity index (χ3n) is 4.76. The zero-order valence-electron chi connectivity index (χ0n) is 14.8. The van der Waals surface area contributed by atoms with Crippen molar-refractivity contribution in [2.45, 2.75) is 82.5 Å². The zero-order chi connectivity index (χ0) is 17.9. The molecule has 9 heteroatoms. The molecule has 1 rings (SSSR count). The van der Waals surface area contributed by atoms with E-state index in [4.69, 9.17) is 17.0 Å². The fraction of sp³-hybridized carbons (Fsp3) is 1.00. The number of hydrogen-bond acceptors (Lipinski definition) is 6. The van der Waals surface area contributed by atoms with Gasteiger partial charge in [0, 0.05) is 6.00 Å². The number of aliphatic hydroxyl groups is 1. The van der Waals surface area contributed by atoms with Crippen molar-refractivity contribution in [2.24, 2.45) is 0 Å². The van der Waals surface area contributed by atoms with E-state index in [-0.39, 0.29) is 6.61 Å². The van der Waals surface area contributed by atoms with Gasteiger partial charge in [-0.15, -0.1) is 4.52 Å². The summed E-state index contributed by atoms with van der Waals surface area (Å²) >= 11 is 0. The fourth-order valence-corrected chi connectivity index (χ4v) is 9.65. The highest BCUT2D eigenvalue weighted by atomic mass is 31.1. The molecule has 0 aromatic rings. The van der Waals surface area contributed by atoms with Gasteiger partial charge < -0.3 is 19.2 Å². The van der Waals surface area contributed by atoms with E-state index in [1.807, 2.05) is 0 Å². The maximum atomic E-state index is 10.5. The van der Waals surface area contributed by atoms with Crippen molar-refractivity contribution < 1.29 is 28.3 Å². The average molecular weight is 362 g/mol. The van der Waals surface area contributed by atoms with E-state index >= 15 is 0 Å². The Bertz CT molecular complexity index is 387. The molecule has 1 unspecified atom stereocenters. The molecule has 0 aromatic heterocycles. The van der Waals surface area contributed by atoms with Crippen LogP contribution in [0.15, 0.2) is 0 Å². The van der Waals surface area contributed by atoms with Crippen molar-refractivity contribution in [2.75, 3.05) is 6.61 Å². The minimum atomic E-state index is -2.99. The van der Waals surface area contributed by atoms with Crippen molar-refractivity contribution in [3.63, 3.8) is 0 Å². The van der Waals surface area contributed by atoms with Crippen LogP contribution < -0.4 is 4.89 Å². The van der Waals surface area contributed by atoms with Crippen LogP contribution in [-0.2, 0) is 18.3 Å². The standard InChI is InChI=1S/C14H28BO6PSi/c1-8(2)23(9(3)4,10(5)6)21-13-12(16)11(20-14(13)15)7-19-22(17)18/h8-14,16H,7H2,1-6H3/t11-,12-,13-,14-/m1/s1. The highest BCUT2D eigenvalue weighted by Crippen LogP contribution is 2.44. The summed E-state index contributed by atoms with van der Waals surface area (Å²) in [5.41, 5.74) is 1.02. The Kier molecular flexibility index (Phi) is 7.86. The summed E-state index contributed by atoms with van der Waals surface area (Å²) in [6.07, 6.45) is -2.49. The quantitative estimate of drug-likeness (QED) is 0.524. The lowest BCUT2D eigenvalue weighted by atomic mass is 9.93. The first-order chi connectivity index (χ1) is 10.5. The molecule has 0 spiro atoms. The van der Waals surface area contributed by atoms with Crippen LogP contribution in [0.5, 0.6) is 0 Å². The maximum Gasteiger partial charge on any atom is 0.488 e. The van der Waals surface area contributed by atoms with Gasteiger partial charge >= 0.3 is 8.25 Å². The largest absolute Gasteiger partial charge is 0.566 e. The molecule has 2 radical (unpaired) electrons. The zero-order valence-corrected chi connectivity index (χ0v) is 16.7. The number of rotatable bonds is 8. The molecule has 1 N–H and O–H groups in total. The van der Waals surface area contributed by atoms with Gasteiger partial charge in [-0.1, -0.05) is 41.5 Å². The summed E-state index contributed by atoms with van der Waals surface area (Å²) in [5.74, 6) is 0. The third kappa shape index (κ3) is 4.63. The van der Waals surface area contributed by atoms with Crippen LogP contribution in [0.2, 0.25) is 16.6 Å². The molecule has 0 bridgehead atoms. The van der Waals surface area contributed by atoms with Gasteiger partial charge in [-0.05, 0) is 21.2 Å². The second-order valence-electron chi connectivity index (χ2n) is 7.05. The monoisotopic (exact) mass is 362 g/mol. The minimum Gasteiger partial charge on any atom is -0.566 e. The van der Waals surface area contributed by atoms with Gasteiger partial charge in [0.1, 0.15) is 26.7 Å². The number of ether oxygens (including phenoxy) is 1. The van der Waals surface area contributed by atoms with Crippen molar-refractivity contribution in [1.82, 2.24) is 0 Å². The Balaban J connectivity index is 2.94. The predicted molar refractivity (Wildman–Crippen MR) is 89.9 cm³/mol. The minimum absolute atomic E-state index is 0.257. The lowest BCUT2D eigenvalue weighted by Gasteiger charge is -2.45. The molecule has 0 aliphatic carbocycles. The molecule has 1 aliphatic heterocycles. The second kappa shape index (κ2) is 8.52. The van der Waals surface area contributed by atoms with Crippen LogP contribution in [0.25, 0.3) is 0 Å². The van der Waals surface area contributed by atoms with Crippen LogP contribution in [0.4, 0.5) is 0 Å². The summed E-state index contributed by atoms with van der Waals surface area (Å²) in [5, 5.41) is 10.5. The highest BCUT2D eigenvalue weighted by Gasteiger charge is 2.52. The first kappa shape index (κ1) is 21.2. The molecular weight excluding hydrogens is 334 g/mol. The third-order valence-corrected chi connectivity index (χ3v) is 11.2. The van der Waals surface area contributed by atoms with Crippen LogP contribution >= 0.6 is 8.25 Å². The molecule has 0 aromatic carbocycles. The Hall–Kier alpha value is 0.182. The summed E-state index contributed by atoms with van der Waals surface area (Å²) in [6, 6.07) is -0.800.